The zero-order chi connectivity index (χ0) is 14.4. The molecule has 0 aliphatic carbocycles. The molecule has 2 rings (SSSR count). The van der Waals surface area contributed by atoms with Crippen molar-refractivity contribution in [1.82, 2.24) is 10.2 Å². The normalized spacial score (nSPS) is 19.8. The summed E-state index contributed by atoms with van der Waals surface area (Å²) in [5.41, 5.74) is 6.61. The second-order valence-electron chi connectivity index (χ2n) is 4.87. The highest BCUT2D eigenvalue weighted by atomic mass is 35.5. The number of hydrogen-bond acceptors (Lipinski definition) is 4. The van der Waals surface area contributed by atoms with E-state index >= 15 is 0 Å². The van der Waals surface area contributed by atoms with Crippen molar-refractivity contribution in [2.45, 2.75) is 12.6 Å². The number of halogens is 1. The molecule has 0 spiro atoms. The van der Waals surface area contributed by atoms with E-state index in [1.54, 1.807) is 0 Å². The lowest BCUT2D eigenvalue weighted by Gasteiger charge is -2.31. The molecule has 0 aromatic heterocycles. The Bertz CT molecular complexity index is 439. The number of carbonyl (C=O) groups excluding carboxylic acids is 1. The third-order valence-electron chi connectivity index (χ3n) is 3.26. The number of amides is 1. The summed E-state index contributed by atoms with van der Waals surface area (Å²) < 4.78 is 5.47. The molecule has 6 heteroatoms. The van der Waals surface area contributed by atoms with Crippen molar-refractivity contribution >= 4 is 17.5 Å². The van der Waals surface area contributed by atoms with E-state index in [1.807, 2.05) is 24.3 Å². The van der Waals surface area contributed by atoms with Crippen LogP contribution in [0.15, 0.2) is 24.3 Å². The summed E-state index contributed by atoms with van der Waals surface area (Å²) >= 11 is 5.81. The minimum absolute atomic E-state index is 0.0117. The first-order valence-corrected chi connectivity index (χ1v) is 7.10. The molecular weight excluding hydrogens is 278 g/mol. The Hall–Kier alpha value is -1.14. The van der Waals surface area contributed by atoms with Gasteiger partial charge in [0, 0.05) is 31.2 Å². The Labute approximate surface area is 124 Å². The first-order chi connectivity index (χ1) is 9.67. The van der Waals surface area contributed by atoms with Gasteiger partial charge < -0.3 is 15.8 Å². The molecule has 0 saturated carbocycles. The van der Waals surface area contributed by atoms with Crippen molar-refractivity contribution < 1.29 is 9.53 Å². The van der Waals surface area contributed by atoms with Gasteiger partial charge in [-0.25, -0.2) is 0 Å². The third kappa shape index (κ3) is 4.76. The van der Waals surface area contributed by atoms with Crippen molar-refractivity contribution in [3.05, 3.63) is 34.9 Å². The van der Waals surface area contributed by atoms with Crippen molar-refractivity contribution in [3.8, 4) is 0 Å². The molecule has 20 heavy (non-hydrogen) atoms. The molecule has 1 unspecified atom stereocenters. The van der Waals surface area contributed by atoms with E-state index in [4.69, 9.17) is 22.1 Å². The molecule has 0 bridgehead atoms. The molecule has 1 saturated heterocycles. The van der Waals surface area contributed by atoms with E-state index in [-0.39, 0.29) is 12.0 Å². The quantitative estimate of drug-likeness (QED) is 0.836. The van der Waals surface area contributed by atoms with Crippen molar-refractivity contribution in [3.63, 3.8) is 0 Å². The van der Waals surface area contributed by atoms with Gasteiger partial charge in [-0.15, -0.1) is 0 Å². The van der Waals surface area contributed by atoms with Gasteiger partial charge in [0.2, 0.25) is 5.91 Å². The average Bonchev–Trinajstić information content (AvgIpc) is 2.47. The number of carbonyl (C=O) groups is 1. The molecule has 1 fully saturated rings. The van der Waals surface area contributed by atoms with Crippen LogP contribution < -0.4 is 11.1 Å². The predicted molar refractivity (Wildman–Crippen MR) is 78.5 cm³/mol. The van der Waals surface area contributed by atoms with Gasteiger partial charge in [0.05, 0.1) is 19.3 Å². The summed E-state index contributed by atoms with van der Waals surface area (Å²) in [5, 5.41) is 3.60. The van der Waals surface area contributed by atoms with Crippen LogP contribution >= 0.6 is 11.6 Å². The minimum atomic E-state index is 0.0117. The maximum absolute atomic E-state index is 11.9. The SMILES string of the molecule is NCC1CN(CC(=O)NCc2ccc(Cl)cc2)CCO1. The van der Waals surface area contributed by atoms with Crippen molar-refractivity contribution in [2.24, 2.45) is 5.73 Å². The van der Waals surface area contributed by atoms with Crippen LogP contribution in [0.1, 0.15) is 5.56 Å². The van der Waals surface area contributed by atoms with E-state index in [9.17, 15) is 4.79 Å². The third-order valence-corrected chi connectivity index (χ3v) is 3.51. The van der Waals surface area contributed by atoms with Gasteiger partial charge in [0.25, 0.3) is 0 Å². The number of morpholine rings is 1. The molecule has 0 radical (unpaired) electrons. The zero-order valence-electron chi connectivity index (χ0n) is 11.3. The van der Waals surface area contributed by atoms with Crippen LogP contribution in [0.2, 0.25) is 5.02 Å². The smallest absolute Gasteiger partial charge is 0.234 e. The summed E-state index contributed by atoms with van der Waals surface area (Å²) in [6.07, 6.45) is 0.0350. The number of nitrogens with two attached hydrogens (primary N) is 1. The van der Waals surface area contributed by atoms with Crippen molar-refractivity contribution in [1.29, 1.82) is 0 Å². The van der Waals surface area contributed by atoms with Crippen molar-refractivity contribution in [2.75, 3.05) is 32.8 Å². The molecule has 1 heterocycles. The molecule has 110 valence electrons. The maximum atomic E-state index is 11.9. The topological polar surface area (TPSA) is 67.6 Å². The fraction of sp³-hybridized carbons (Fsp3) is 0.500. The highest BCUT2D eigenvalue weighted by Gasteiger charge is 2.20. The van der Waals surface area contributed by atoms with Crippen LogP contribution in [0.4, 0.5) is 0 Å². The number of hydrogen-bond donors (Lipinski definition) is 2. The lowest BCUT2D eigenvalue weighted by molar-refractivity contribution is -0.124. The number of nitrogens with zero attached hydrogens (tertiary/aromatic N) is 1. The zero-order valence-corrected chi connectivity index (χ0v) is 12.1. The van der Waals surface area contributed by atoms with Crippen LogP contribution in [0.25, 0.3) is 0 Å². The molecule has 1 amide bonds. The van der Waals surface area contributed by atoms with E-state index in [0.29, 0.717) is 37.8 Å². The molecule has 1 aromatic carbocycles. The Morgan fingerprint density at radius 1 is 1.45 bits per heavy atom. The predicted octanol–water partition coefficient (Wildman–Crippen LogP) is 0.616. The average molecular weight is 298 g/mol. The Morgan fingerprint density at radius 2 is 2.20 bits per heavy atom. The summed E-state index contributed by atoms with van der Waals surface area (Å²) in [4.78, 5) is 14.0. The summed E-state index contributed by atoms with van der Waals surface area (Å²) in [7, 11) is 0. The molecule has 1 aliphatic rings. The Kier molecular flexibility index (Phi) is 5.79. The summed E-state index contributed by atoms with van der Waals surface area (Å²) in [6, 6.07) is 7.44. The maximum Gasteiger partial charge on any atom is 0.234 e. The van der Waals surface area contributed by atoms with Gasteiger partial charge in [0.1, 0.15) is 0 Å². The second kappa shape index (κ2) is 7.59. The highest BCUT2D eigenvalue weighted by molar-refractivity contribution is 6.30. The van der Waals surface area contributed by atoms with Gasteiger partial charge in [-0.1, -0.05) is 23.7 Å². The first kappa shape index (κ1) is 15.3. The van der Waals surface area contributed by atoms with Crippen LogP contribution in [0, 0.1) is 0 Å². The van der Waals surface area contributed by atoms with Crippen LogP contribution in [-0.2, 0) is 16.1 Å². The fourth-order valence-electron chi connectivity index (χ4n) is 2.13. The van der Waals surface area contributed by atoms with Gasteiger partial charge in [-0.05, 0) is 17.7 Å². The van der Waals surface area contributed by atoms with E-state index in [2.05, 4.69) is 10.2 Å². The molecule has 5 nitrogen and oxygen atoms in total. The molecule has 1 aliphatic heterocycles. The summed E-state index contributed by atoms with van der Waals surface area (Å²) in [5.74, 6) is 0.0117. The molecule has 3 N–H and O–H groups in total. The van der Waals surface area contributed by atoms with Gasteiger partial charge in [-0.3, -0.25) is 9.69 Å². The van der Waals surface area contributed by atoms with Crippen LogP contribution in [0.3, 0.4) is 0 Å². The number of rotatable bonds is 5. The standard InChI is InChI=1S/C14H20ClN3O2/c15-12-3-1-11(2-4-12)8-17-14(19)10-18-5-6-20-13(7-16)9-18/h1-4,13H,5-10,16H2,(H,17,19). The number of benzene rings is 1. The number of ether oxygens (including phenoxy) is 1. The van der Waals surface area contributed by atoms with E-state index in [1.165, 1.54) is 0 Å². The highest BCUT2D eigenvalue weighted by Crippen LogP contribution is 2.09. The largest absolute Gasteiger partial charge is 0.374 e. The summed E-state index contributed by atoms with van der Waals surface area (Å²) in [6.45, 7) is 3.50. The van der Waals surface area contributed by atoms with E-state index < -0.39 is 0 Å². The van der Waals surface area contributed by atoms with Gasteiger partial charge in [-0.2, -0.15) is 0 Å². The molecule has 1 atom stereocenters. The lowest BCUT2D eigenvalue weighted by atomic mass is 10.2. The lowest BCUT2D eigenvalue weighted by Crippen LogP contribution is -2.48. The Morgan fingerprint density at radius 3 is 2.90 bits per heavy atom. The Balaban J connectivity index is 1.73. The first-order valence-electron chi connectivity index (χ1n) is 6.72. The van der Waals surface area contributed by atoms with Gasteiger partial charge >= 0.3 is 0 Å². The van der Waals surface area contributed by atoms with Gasteiger partial charge in [0.15, 0.2) is 0 Å². The monoisotopic (exact) mass is 297 g/mol. The van der Waals surface area contributed by atoms with Crippen LogP contribution in [-0.4, -0.2) is 49.7 Å². The van der Waals surface area contributed by atoms with E-state index in [0.717, 1.165) is 12.1 Å². The minimum Gasteiger partial charge on any atom is -0.374 e. The second-order valence-corrected chi connectivity index (χ2v) is 5.30. The molecule has 1 aromatic rings. The molecular formula is C14H20ClN3O2. The number of nitrogens with one attached hydrogen (secondary N) is 1. The fourth-order valence-corrected chi connectivity index (χ4v) is 2.25. The van der Waals surface area contributed by atoms with Crippen LogP contribution in [0.5, 0.6) is 0 Å².